The van der Waals surface area contributed by atoms with Crippen molar-refractivity contribution in [3.63, 3.8) is 0 Å². The number of benzene rings is 1. The highest BCUT2D eigenvalue weighted by Gasteiger charge is 2.25. The van der Waals surface area contributed by atoms with Crippen LogP contribution in [-0.2, 0) is 4.79 Å². The number of nitrogens with zero attached hydrogens (tertiary/aromatic N) is 2. The van der Waals surface area contributed by atoms with Crippen LogP contribution in [0, 0.1) is 10.1 Å². The van der Waals surface area contributed by atoms with E-state index in [0.29, 0.717) is 10.7 Å². The average Bonchev–Trinajstić information content (AvgIpc) is 3.10. The third-order valence-electron chi connectivity index (χ3n) is 2.77. The average molecular weight is 315 g/mol. The third-order valence-corrected chi connectivity index (χ3v) is 3.68. The van der Waals surface area contributed by atoms with Gasteiger partial charge in [0, 0.05) is 12.1 Å². The van der Waals surface area contributed by atoms with Gasteiger partial charge in [-0.05, 0) is 30.0 Å². The highest BCUT2D eigenvalue weighted by molar-refractivity contribution is 8.18. The minimum atomic E-state index is -0.513. The molecule has 1 aromatic heterocycles. The second-order valence-corrected chi connectivity index (χ2v) is 5.27. The van der Waals surface area contributed by atoms with Gasteiger partial charge in [0.1, 0.15) is 11.4 Å². The SMILES string of the molecule is O=C1NC(=Nc2ccccc2[N+](=O)[O-])S/C1=C\c1ccco1. The lowest BCUT2D eigenvalue weighted by Crippen LogP contribution is -2.19. The van der Waals surface area contributed by atoms with Gasteiger partial charge in [-0.15, -0.1) is 0 Å². The van der Waals surface area contributed by atoms with Crippen molar-refractivity contribution < 1.29 is 14.1 Å². The monoisotopic (exact) mass is 315 g/mol. The van der Waals surface area contributed by atoms with E-state index in [4.69, 9.17) is 4.42 Å². The Kier molecular flexibility index (Phi) is 3.75. The number of hydrogen-bond acceptors (Lipinski definition) is 6. The Balaban J connectivity index is 1.89. The van der Waals surface area contributed by atoms with Crippen molar-refractivity contribution in [2.45, 2.75) is 0 Å². The highest BCUT2D eigenvalue weighted by atomic mass is 32.2. The molecule has 1 N–H and O–H groups in total. The van der Waals surface area contributed by atoms with Gasteiger partial charge in [0.25, 0.3) is 11.6 Å². The van der Waals surface area contributed by atoms with Gasteiger partial charge in [0.15, 0.2) is 5.17 Å². The van der Waals surface area contributed by atoms with Crippen LogP contribution >= 0.6 is 11.8 Å². The lowest BCUT2D eigenvalue weighted by molar-refractivity contribution is -0.384. The molecule has 8 heteroatoms. The first-order chi connectivity index (χ1) is 10.6. The lowest BCUT2D eigenvalue weighted by atomic mass is 10.3. The fourth-order valence-electron chi connectivity index (χ4n) is 1.81. The first kappa shape index (κ1) is 14.1. The molecule has 1 amide bonds. The topological polar surface area (TPSA) is 97.7 Å². The van der Waals surface area contributed by atoms with E-state index >= 15 is 0 Å². The number of amidine groups is 1. The van der Waals surface area contributed by atoms with Gasteiger partial charge < -0.3 is 9.73 Å². The Hall–Kier alpha value is -2.87. The van der Waals surface area contributed by atoms with Gasteiger partial charge in [-0.1, -0.05) is 12.1 Å². The normalized spacial score (nSPS) is 17.9. The van der Waals surface area contributed by atoms with Crippen LogP contribution in [-0.4, -0.2) is 16.0 Å². The largest absolute Gasteiger partial charge is 0.465 e. The fourth-order valence-corrected chi connectivity index (χ4v) is 2.62. The van der Waals surface area contributed by atoms with Gasteiger partial charge in [0.05, 0.1) is 16.1 Å². The molecule has 1 fully saturated rings. The van der Waals surface area contributed by atoms with E-state index < -0.39 is 4.92 Å². The molecular formula is C14H9N3O4S. The number of para-hydroxylation sites is 2. The minimum absolute atomic E-state index is 0.117. The maximum atomic E-state index is 11.9. The van der Waals surface area contributed by atoms with E-state index in [9.17, 15) is 14.9 Å². The van der Waals surface area contributed by atoms with Crippen LogP contribution in [0.3, 0.4) is 0 Å². The molecule has 0 radical (unpaired) electrons. The summed E-state index contributed by atoms with van der Waals surface area (Å²) in [4.78, 5) is 26.9. The standard InChI is InChI=1S/C14H9N3O4S/c18-13-12(8-9-4-3-7-21-9)22-14(16-13)15-10-5-1-2-6-11(10)17(19)20/h1-8H,(H,15,16,18)/b12-8-. The van der Waals surface area contributed by atoms with Gasteiger partial charge >= 0.3 is 0 Å². The summed E-state index contributed by atoms with van der Waals surface area (Å²) >= 11 is 1.10. The van der Waals surface area contributed by atoms with Crippen LogP contribution in [0.15, 0.2) is 57.0 Å². The molecule has 1 saturated heterocycles. The van der Waals surface area contributed by atoms with E-state index in [2.05, 4.69) is 10.3 Å². The molecule has 110 valence electrons. The molecule has 0 unspecified atom stereocenters. The van der Waals surface area contributed by atoms with Crippen LogP contribution in [0.2, 0.25) is 0 Å². The number of furan rings is 1. The Morgan fingerprint density at radius 1 is 1.27 bits per heavy atom. The van der Waals surface area contributed by atoms with E-state index in [0.717, 1.165) is 11.8 Å². The van der Waals surface area contributed by atoms with Gasteiger partial charge in [-0.25, -0.2) is 4.99 Å². The second kappa shape index (κ2) is 5.86. The Labute approximate surface area is 128 Å². The second-order valence-electron chi connectivity index (χ2n) is 4.24. The van der Waals surface area contributed by atoms with Crippen molar-refractivity contribution in [2.24, 2.45) is 4.99 Å². The zero-order valence-corrected chi connectivity index (χ0v) is 11.9. The smallest absolute Gasteiger partial charge is 0.294 e. The van der Waals surface area contributed by atoms with E-state index in [1.807, 2.05) is 0 Å². The maximum Gasteiger partial charge on any atom is 0.294 e. The molecule has 2 aromatic rings. The molecule has 1 aliphatic rings. The van der Waals surface area contributed by atoms with Crippen LogP contribution in [0.25, 0.3) is 6.08 Å². The van der Waals surface area contributed by atoms with Crippen molar-refractivity contribution in [1.29, 1.82) is 0 Å². The predicted octanol–water partition coefficient (Wildman–Crippen LogP) is 3.08. The van der Waals surface area contributed by atoms with Crippen LogP contribution in [0.1, 0.15) is 5.76 Å². The third kappa shape index (κ3) is 2.91. The predicted molar refractivity (Wildman–Crippen MR) is 82.6 cm³/mol. The van der Waals surface area contributed by atoms with Crippen LogP contribution < -0.4 is 5.32 Å². The number of nitrogens with one attached hydrogen (secondary N) is 1. The van der Waals surface area contributed by atoms with Crippen LogP contribution in [0.5, 0.6) is 0 Å². The summed E-state index contributed by atoms with van der Waals surface area (Å²) in [6.45, 7) is 0. The first-order valence-electron chi connectivity index (χ1n) is 6.20. The number of amides is 1. The summed E-state index contributed by atoms with van der Waals surface area (Å²) in [5.74, 6) is 0.225. The number of nitro benzene ring substituents is 1. The molecule has 7 nitrogen and oxygen atoms in total. The molecule has 0 bridgehead atoms. The number of hydrogen-bond donors (Lipinski definition) is 1. The molecule has 2 heterocycles. The molecular weight excluding hydrogens is 306 g/mol. The number of carbonyl (C=O) groups excluding carboxylic acids is 1. The number of aliphatic imine (C=N–C) groups is 1. The van der Waals surface area contributed by atoms with Crippen molar-refractivity contribution in [1.82, 2.24) is 5.32 Å². The molecule has 0 saturated carbocycles. The van der Waals surface area contributed by atoms with Crippen molar-refractivity contribution in [3.05, 3.63) is 63.4 Å². The van der Waals surface area contributed by atoms with Crippen molar-refractivity contribution in [2.75, 3.05) is 0 Å². The highest BCUT2D eigenvalue weighted by Crippen LogP contribution is 2.31. The molecule has 0 spiro atoms. The molecule has 22 heavy (non-hydrogen) atoms. The quantitative estimate of drug-likeness (QED) is 0.533. The van der Waals surface area contributed by atoms with Gasteiger partial charge in [0.2, 0.25) is 0 Å². The maximum absolute atomic E-state index is 11.9. The summed E-state index contributed by atoms with van der Waals surface area (Å²) < 4.78 is 5.15. The molecule has 1 aliphatic heterocycles. The number of carbonyl (C=O) groups is 1. The van der Waals surface area contributed by atoms with E-state index in [-0.39, 0.29) is 22.4 Å². The van der Waals surface area contributed by atoms with Gasteiger partial charge in [-0.2, -0.15) is 0 Å². The number of nitro groups is 1. The zero-order chi connectivity index (χ0) is 15.5. The van der Waals surface area contributed by atoms with E-state index in [1.165, 1.54) is 18.4 Å². The minimum Gasteiger partial charge on any atom is -0.465 e. The van der Waals surface area contributed by atoms with Crippen molar-refractivity contribution in [3.8, 4) is 0 Å². The Bertz CT molecular complexity index is 796. The van der Waals surface area contributed by atoms with Crippen molar-refractivity contribution >= 4 is 40.3 Å². The number of rotatable bonds is 3. The first-order valence-corrected chi connectivity index (χ1v) is 7.01. The zero-order valence-electron chi connectivity index (χ0n) is 11.1. The summed E-state index contributed by atoms with van der Waals surface area (Å²) in [5, 5.41) is 13.8. The molecule has 3 rings (SSSR count). The van der Waals surface area contributed by atoms with Crippen LogP contribution in [0.4, 0.5) is 11.4 Å². The summed E-state index contributed by atoms with van der Waals surface area (Å²) in [7, 11) is 0. The summed E-state index contributed by atoms with van der Waals surface area (Å²) in [6, 6.07) is 9.52. The lowest BCUT2D eigenvalue weighted by Gasteiger charge is -1.97. The fraction of sp³-hybridized carbons (Fsp3) is 0. The molecule has 0 atom stereocenters. The summed E-state index contributed by atoms with van der Waals surface area (Å²) in [5.41, 5.74) is 0.0721. The number of thioether (sulfide) groups is 1. The Morgan fingerprint density at radius 3 is 2.82 bits per heavy atom. The molecule has 1 aromatic carbocycles. The Morgan fingerprint density at radius 2 is 2.09 bits per heavy atom. The van der Waals surface area contributed by atoms with Gasteiger partial charge in [-0.3, -0.25) is 14.9 Å². The van der Waals surface area contributed by atoms with E-state index in [1.54, 1.807) is 30.3 Å². The summed E-state index contributed by atoms with van der Waals surface area (Å²) in [6.07, 6.45) is 3.09. The molecule has 0 aliphatic carbocycles.